The van der Waals surface area contributed by atoms with E-state index < -0.39 is 9.84 Å². The van der Waals surface area contributed by atoms with E-state index in [2.05, 4.69) is 5.32 Å². The molecule has 1 amide bonds. The molecule has 1 aliphatic carbocycles. The Morgan fingerprint density at radius 2 is 1.77 bits per heavy atom. The smallest absolute Gasteiger partial charge is 0.221 e. The fraction of sp³-hybridized carbons (Fsp3) is 0.588. The van der Waals surface area contributed by atoms with Crippen LogP contribution in [-0.4, -0.2) is 45.4 Å². The maximum absolute atomic E-state index is 12.5. The minimum Gasteiger partial charge on any atom is -0.486 e. The molecule has 0 unspecified atom stereocenters. The Bertz CT molecular complexity index is 733. The quantitative estimate of drug-likeness (QED) is 0.768. The third-order valence-electron chi connectivity index (χ3n) is 4.61. The van der Waals surface area contributed by atoms with E-state index in [-0.39, 0.29) is 47.5 Å². The van der Waals surface area contributed by atoms with Gasteiger partial charge < -0.3 is 20.5 Å². The van der Waals surface area contributed by atoms with Gasteiger partial charge in [-0.1, -0.05) is 0 Å². The molecule has 3 N–H and O–H groups in total. The Labute approximate surface area is 159 Å². The first-order valence-corrected chi connectivity index (χ1v) is 10.3. The molecule has 0 saturated heterocycles. The van der Waals surface area contributed by atoms with E-state index in [1.54, 1.807) is 6.07 Å². The number of hydrogen-bond donors (Lipinski definition) is 2. The summed E-state index contributed by atoms with van der Waals surface area (Å²) < 4.78 is 35.7. The number of benzene rings is 1. The molecule has 1 aliphatic heterocycles. The normalized spacial score (nSPS) is 22.2. The Balaban J connectivity index is 0.00000243. The van der Waals surface area contributed by atoms with Crippen LogP contribution in [0.3, 0.4) is 0 Å². The van der Waals surface area contributed by atoms with Crippen molar-refractivity contribution in [3.05, 3.63) is 18.2 Å². The van der Waals surface area contributed by atoms with Gasteiger partial charge in [0.2, 0.25) is 5.91 Å². The number of hydrogen-bond acceptors (Lipinski definition) is 6. The van der Waals surface area contributed by atoms with Crippen LogP contribution in [0, 0.1) is 0 Å². The van der Waals surface area contributed by atoms with Gasteiger partial charge in [0, 0.05) is 24.6 Å². The number of carbonyl (C=O) groups excluding carboxylic acids is 1. The van der Waals surface area contributed by atoms with Crippen LogP contribution >= 0.6 is 12.4 Å². The zero-order chi connectivity index (χ0) is 17.9. The molecule has 0 radical (unpaired) electrons. The van der Waals surface area contributed by atoms with Crippen molar-refractivity contribution in [2.24, 2.45) is 5.73 Å². The molecule has 2 aliphatic rings. The van der Waals surface area contributed by atoms with E-state index in [1.165, 1.54) is 12.1 Å². The molecule has 146 valence electrons. The molecule has 0 aromatic heterocycles. The SMILES string of the molecule is Cl.NC1CCC(NC(=O)CCS(=O)(=O)c2ccc3c(c2)OCCO3)CC1. The molecule has 1 saturated carbocycles. The Kier molecular flexibility index (Phi) is 7.14. The number of amides is 1. The van der Waals surface area contributed by atoms with Gasteiger partial charge in [-0.3, -0.25) is 4.79 Å². The van der Waals surface area contributed by atoms with Crippen molar-refractivity contribution >= 4 is 28.2 Å². The van der Waals surface area contributed by atoms with Crippen LogP contribution in [0.2, 0.25) is 0 Å². The molecule has 26 heavy (non-hydrogen) atoms. The number of halogens is 1. The summed E-state index contributed by atoms with van der Waals surface area (Å²) in [5, 5.41) is 2.91. The van der Waals surface area contributed by atoms with Gasteiger partial charge in [0.1, 0.15) is 13.2 Å². The van der Waals surface area contributed by atoms with Crippen molar-refractivity contribution < 1.29 is 22.7 Å². The van der Waals surface area contributed by atoms with Gasteiger partial charge in [-0.25, -0.2) is 8.42 Å². The van der Waals surface area contributed by atoms with Crippen LogP contribution in [0.4, 0.5) is 0 Å². The molecular weight excluding hydrogens is 380 g/mol. The molecule has 1 fully saturated rings. The summed E-state index contributed by atoms with van der Waals surface area (Å²) in [5.74, 6) is 0.500. The zero-order valence-electron chi connectivity index (χ0n) is 14.5. The molecule has 0 atom stereocenters. The van der Waals surface area contributed by atoms with Crippen LogP contribution in [-0.2, 0) is 14.6 Å². The third-order valence-corrected chi connectivity index (χ3v) is 6.32. The molecule has 1 aromatic rings. The molecule has 1 heterocycles. The zero-order valence-corrected chi connectivity index (χ0v) is 16.1. The number of ether oxygens (including phenoxy) is 2. The lowest BCUT2D eigenvalue weighted by Gasteiger charge is -2.26. The summed E-state index contributed by atoms with van der Waals surface area (Å²) in [4.78, 5) is 12.2. The van der Waals surface area contributed by atoms with Crippen molar-refractivity contribution in [3.8, 4) is 11.5 Å². The average molecular weight is 405 g/mol. The number of rotatable bonds is 5. The van der Waals surface area contributed by atoms with Gasteiger partial charge >= 0.3 is 0 Å². The molecule has 0 bridgehead atoms. The highest BCUT2D eigenvalue weighted by molar-refractivity contribution is 7.91. The lowest BCUT2D eigenvalue weighted by atomic mass is 9.92. The predicted molar refractivity (Wildman–Crippen MR) is 99.7 cm³/mol. The van der Waals surface area contributed by atoms with Crippen molar-refractivity contribution in [1.82, 2.24) is 5.32 Å². The first kappa shape index (κ1) is 20.8. The minimum atomic E-state index is -3.55. The summed E-state index contributed by atoms with van der Waals surface area (Å²) in [5.41, 5.74) is 5.85. The number of sulfone groups is 1. The third kappa shape index (κ3) is 5.25. The largest absolute Gasteiger partial charge is 0.486 e. The lowest BCUT2D eigenvalue weighted by Crippen LogP contribution is -2.40. The van der Waals surface area contributed by atoms with E-state index >= 15 is 0 Å². The standard InChI is InChI=1S/C17H24N2O5S.ClH/c18-12-1-3-13(4-2-12)19-17(20)7-10-25(21,22)14-5-6-15-16(11-14)24-9-8-23-15;/h5-6,11-13H,1-4,7-10,18H2,(H,19,20);1H. The lowest BCUT2D eigenvalue weighted by molar-refractivity contribution is -0.121. The number of nitrogens with two attached hydrogens (primary N) is 1. The molecule has 7 nitrogen and oxygen atoms in total. The molecular formula is C17H25ClN2O5S. The highest BCUT2D eigenvalue weighted by Crippen LogP contribution is 2.32. The Morgan fingerprint density at radius 3 is 2.46 bits per heavy atom. The summed E-state index contributed by atoms with van der Waals surface area (Å²) >= 11 is 0. The number of carbonyl (C=O) groups is 1. The van der Waals surface area contributed by atoms with Crippen LogP contribution in [0.25, 0.3) is 0 Å². The molecule has 0 spiro atoms. The van der Waals surface area contributed by atoms with Gasteiger partial charge in [-0.05, 0) is 37.8 Å². The highest BCUT2D eigenvalue weighted by Gasteiger charge is 2.23. The van der Waals surface area contributed by atoms with E-state index in [9.17, 15) is 13.2 Å². The van der Waals surface area contributed by atoms with Crippen LogP contribution < -0.4 is 20.5 Å². The van der Waals surface area contributed by atoms with Gasteiger partial charge in [-0.15, -0.1) is 12.4 Å². The fourth-order valence-corrected chi connectivity index (χ4v) is 4.38. The Morgan fingerprint density at radius 1 is 1.12 bits per heavy atom. The maximum Gasteiger partial charge on any atom is 0.221 e. The van der Waals surface area contributed by atoms with Crippen molar-refractivity contribution in [2.75, 3.05) is 19.0 Å². The van der Waals surface area contributed by atoms with Crippen molar-refractivity contribution in [2.45, 2.75) is 49.1 Å². The average Bonchev–Trinajstić information content (AvgIpc) is 2.62. The highest BCUT2D eigenvalue weighted by atomic mass is 35.5. The van der Waals surface area contributed by atoms with Gasteiger partial charge in [0.05, 0.1) is 10.6 Å². The van der Waals surface area contributed by atoms with E-state index in [1.807, 2.05) is 0 Å². The molecule has 9 heteroatoms. The minimum absolute atomic E-state index is 0. The van der Waals surface area contributed by atoms with Gasteiger partial charge in [0.15, 0.2) is 21.3 Å². The monoisotopic (exact) mass is 404 g/mol. The maximum atomic E-state index is 12.5. The summed E-state index contributed by atoms with van der Waals surface area (Å²) in [6, 6.07) is 4.85. The van der Waals surface area contributed by atoms with Gasteiger partial charge in [0.25, 0.3) is 0 Å². The van der Waals surface area contributed by atoms with E-state index in [0.29, 0.717) is 24.7 Å². The van der Waals surface area contributed by atoms with E-state index in [0.717, 1.165) is 25.7 Å². The van der Waals surface area contributed by atoms with E-state index in [4.69, 9.17) is 15.2 Å². The first-order chi connectivity index (χ1) is 11.9. The summed E-state index contributed by atoms with van der Waals surface area (Å²) in [6.45, 7) is 0.843. The summed E-state index contributed by atoms with van der Waals surface area (Å²) in [7, 11) is -3.55. The molecule has 1 aromatic carbocycles. The van der Waals surface area contributed by atoms with Crippen LogP contribution in [0.15, 0.2) is 23.1 Å². The van der Waals surface area contributed by atoms with Gasteiger partial charge in [-0.2, -0.15) is 0 Å². The predicted octanol–water partition coefficient (Wildman–Crippen LogP) is 1.43. The number of fused-ring (bicyclic) bond motifs is 1. The fourth-order valence-electron chi connectivity index (χ4n) is 3.13. The van der Waals surface area contributed by atoms with Crippen LogP contribution in [0.5, 0.6) is 11.5 Å². The van der Waals surface area contributed by atoms with Crippen LogP contribution in [0.1, 0.15) is 32.1 Å². The van der Waals surface area contributed by atoms with Crippen molar-refractivity contribution in [3.63, 3.8) is 0 Å². The first-order valence-electron chi connectivity index (χ1n) is 8.61. The second kappa shape index (κ2) is 8.92. The molecule has 3 rings (SSSR count). The second-order valence-electron chi connectivity index (χ2n) is 6.55. The van der Waals surface area contributed by atoms with Crippen molar-refractivity contribution in [1.29, 1.82) is 0 Å². The topological polar surface area (TPSA) is 108 Å². The number of nitrogens with one attached hydrogen (secondary N) is 1. The second-order valence-corrected chi connectivity index (χ2v) is 8.66. The Hall–Kier alpha value is -1.51. The summed E-state index contributed by atoms with van der Waals surface area (Å²) in [6.07, 6.45) is 3.42.